The molecular weight excluding hydrogens is 414 g/mol. The van der Waals surface area contributed by atoms with E-state index in [0.29, 0.717) is 18.7 Å². The van der Waals surface area contributed by atoms with E-state index in [1.165, 1.54) is 9.87 Å². The number of benzene rings is 2. The standard InChI is InChI=1S/C23H31N3O4S/c1-3-22(26(31(2,28)29)21-10-5-4-6-11-21)23(27)24-17-19-8-7-9-20(16-19)18-25-12-14-30-15-13-25/h4-11,16,22H,3,12-15,17-18H2,1-2H3,(H,24,27)/t22-/m0/s1. The molecule has 0 saturated carbocycles. The first-order chi connectivity index (χ1) is 14.9. The molecule has 168 valence electrons. The molecule has 1 saturated heterocycles. The molecule has 0 bridgehead atoms. The van der Waals surface area contributed by atoms with Gasteiger partial charge in [0.25, 0.3) is 0 Å². The smallest absolute Gasteiger partial charge is 0.244 e. The fourth-order valence-corrected chi connectivity index (χ4v) is 5.01. The Balaban J connectivity index is 1.67. The minimum absolute atomic E-state index is 0.310. The predicted octanol–water partition coefficient (Wildman–Crippen LogP) is 2.38. The molecule has 8 heteroatoms. The van der Waals surface area contributed by atoms with Crippen LogP contribution >= 0.6 is 0 Å². The Morgan fingerprint density at radius 3 is 2.42 bits per heavy atom. The molecular formula is C23H31N3O4S. The van der Waals surface area contributed by atoms with Gasteiger partial charge in [-0.3, -0.25) is 14.0 Å². The van der Waals surface area contributed by atoms with E-state index in [0.717, 1.165) is 44.7 Å². The van der Waals surface area contributed by atoms with Crippen LogP contribution in [0, 0.1) is 0 Å². The maximum absolute atomic E-state index is 13.0. The molecule has 1 aliphatic heterocycles. The largest absolute Gasteiger partial charge is 0.379 e. The van der Waals surface area contributed by atoms with Gasteiger partial charge in [0, 0.05) is 26.2 Å². The minimum Gasteiger partial charge on any atom is -0.379 e. The number of anilines is 1. The minimum atomic E-state index is -3.62. The summed E-state index contributed by atoms with van der Waals surface area (Å²) in [7, 11) is -3.62. The summed E-state index contributed by atoms with van der Waals surface area (Å²) in [4.78, 5) is 15.3. The van der Waals surface area contributed by atoms with E-state index < -0.39 is 16.1 Å². The molecule has 1 aliphatic rings. The maximum atomic E-state index is 13.0. The van der Waals surface area contributed by atoms with Gasteiger partial charge in [0.1, 0.15) is 6.04 Å². The monoisotopic (exact) mass is 445 g/mol. The van der Waals surface area contributed by atoms with Gasteiger partial charge in [0.2, 0.25) is 15.9 Å². The number of rotatable bonds is 9. The average Bonchev–Trinajstić information content (AvgIpc) is 2.76. The van der Waals surface area contributed by atoms with Crippen LogP contribution in [-0.4, -0.2) is 57.8 Å². The third-order valence-corrected chi connectivity index (χ3v) is 6.49. The second kappa shape index (κ2) is 10.7. The first-order valence-electron chi connectivity index (χ1n) is 10.6. The number of carbonyl (C=O) groups excluding carboxylic acids is 1. The lowest BCUT2D eigenvalue weighted by atomic mass is 10.1. The second-order valence-electron chi connectivity index (χ2n) is 7.74. The molecule has 0 aliphatic carbocycles. The van der Waals surface area contributed by atoms with E-state index in [-0.39, 0.29) is 5.91 Å². The van der Waals surface area contributed by atoms with Crippen LogP contribution in [0.4, 0.5) is 5.69 Å². The SMILES string of the molecule is CC[C@@H](C(=O)NCc1cccc(CN2CCOCC2)c1)N(c1ccccc1)S(C)(=O)=O. The van der Waals surface area contributed by atoms with Crippen molar-refractivity contribution in [3.63, 3.8) is 0 Å². The molecule has 1 atom stereocenters. The van der Waals surface area contributed by atoms with Gasteiger partial charge in [0.15, 0.2) is 0 Å². The Morgan fingerprint density at radius 1 is 1.10 bits per heavy atom. The van der Waals surface area contributed by atoms with Crippen molar-refractivity contribution >= 4 is 21.6 Å². The lowest BCUT2D eigenvalue weighted by Crippen LogP contribution is -2.49. The first kappa shape index (κ1) is 23.2. The van der Waals surface area contributed by atoms with Crippen LogP contribution in [0.25, 0.3) is 0 Å². The van der Waals surface area contributed by atoms with Crippen LogP contribution in [-0.2, 0) is 32.6 Å². The molecule has 7 nitrogen and oxygen atoms in total. The van der Waals surface area contributed by atoms with Crippen molar-refractivity contribution in [1.82, 2.24) is 10.2 Å². The third kappa shape index (κ3) is 6.53. The molecule has 2 aromatic carbocycles. The topological polar surface area (TPSA) is 79.0 Å². The van der Waals surface area contributed by atoms with E-state index in [2.05, 4.69) is 22.3 Å². The molecule has 31 heavy (non-hydrogen) atoms. The van der Waals surface area contributed by atoms with Crippen molar-refractivity contribution in [2.24, 2.45) is 0 Å². The van der Waals surface area contributed by atoms with Gasteiger partial charge in [-0.1, -0.05) is 49.4 Å². The van der Waals surface area contributed by atoms with Crippen LogP contribution in [0.2, 0.25) is 0 Å². The summed E-state index contributed by atoms with van der Waals surface area (Å²) < 4.78 is 31.6. The summed E-state index contributed by atoms with van der Waals surface area (Å²) >= 11 is 0. The van der Waals surface area contributed by atoms with Crippen molar-refractivity contribution in [2.45, 2.75) is 32.5 Å². The van der Waals surface area contributed by atoms with Crippen LogP contribution < -0.4 is 9.62 Å². The van der Waals surface area contributed by atoms with E-state index in [1.54, 1.807) is 24.3 Å². The number of nitrogens with one attached hydrogen (secondary N) is 1. The van der Waals surface area contributed by atoms with Gasteiger partial charge in [-0.25, -0.2) is 8.42 Å². The number of hydrogen-bond acceptors (Lipinski definition) is 5. The average molecular weight is 446 g/mol. The number of sulfonamides is 1. The zero-order valence-corrected chi connectivity index (χ0v) is 19.0. The lowest BCUT2D eigenvalue weighted by molar-refractivity contribution is -0.122. The second-order valence-corrected chi connectivity index (χ2v) is 9.60. The summed E-state index contributed by atoms with van der Waals surface area (Å²) in [6.45, 7) is 6.35. The van der Waals surface area contributed by atoms with Crippen molar-refractivity contribution in [2.75, 3.05) is 36.9 Å². The Morgan fingerprint density at radius 2 is 1.77 bits per heavy atom. The van der Waals surface area contributed by atoms with Gasteiger partial charge in [0.05, 0.1) is 25.2 Å². The van der Waals surface area contributed by atoms with Crippen molar-refractivity contribution in [3.8, 4) is 0 Å². The summed E-state index contributed by atoms with van der Waals surface area (Å²) in [5.41, 5.74) is 2.65. The molecule has 1 amide bonds. The van der Waals surface area contributed by atoms with Crippen LogP contribution in [0.15, 0.2) is 54.6 Å². The summed E-state index contributed by atoms with van der Waals surface area (Å²) in [5, 5.41) is 2.92. The van der Waals surface area contributed by atoms with E-state index >= 15 is 0 Å². The highest BCUT2D eigenvalue weighted by Crippen LogP contribution is 2.22. The normalized spacial score (nSPS) is 15.9. The zero-order valence-electron chi connectivity index (χ0n) is 18.2. The fourth-order valence-electron chi connectivity index (χ4n) is 3.80. The van der Waals surface area contributed by atoms with Crippen LogP contribution in [0.3, 0.4) is 0 Å². The van der Waals surface area contributed by atoms with E-state index in [4.69, 9.17) is 4.74 Å². The first-order valence-corrected chi connectivity index (χ1v) is 12.4. The molecule has 0 spiro atoms. The predicted molar refractivity (Wildman–Crippen MR) is 122 cm³/mol. The Kier molecular flexibility index (Phi) is 8.06. The Hall–Kier alpha value is -2.42. The molecule has 1 fully saturated rings. The van der Waals surface area contributed by atoms with Gasteiger partial charge in [-0.05, 0) is 29.7 Å². The highest BCUT2D eigenvalue weighted by molar-refractivity contribution is 7.92. The number of para-hydroxylation sites is 1. The number of hydrogen-bond donors (Lipinski definition) is 1. The molecule has 1 heterocycles. The quantitative estimate of drug-likeness (QED) is 0.641. The number of ether oxygens (including phenoxy) is 1. The third-order valence-electron chi connectivity index (χ3n) is 5.31. The molecule has 1 N–H and O–H groups in total. The molecule has 2 aromatic rings. The number of nitrogens with zero attached hydrogens (tertiary/aromatic N) is 2. The summed E-state index contributed by atoms with van der Waals surface area (Å²) in [6.07, 6.45) is 1.50. The molecule has 0 radical (unpaired) electrons. The van der Waals surface area contributed by atoms with E-state index in [9.17, 15) is 13.2 Å². The lowest BCUT2D eigenvalue weighted by Gasteiger charge is -2.30. The van der Waals surface area contributed by atoms with Crippen LogP contribution in [0.5, 0.6) is 0 Å². The summed E-state index contributed by atoms with van der Waals surface area (Å²) in [6, 6.07) is 16.0. The van der Waals surface area contributed by atoms with Crippen molar-refractivity contribution < 1.29 is 17.9 Å². The Labute approximate surface area is 185 Å². The van der Waals surface area contributed by atoms with Crippen molar-refractivity contribution in [3.05, 3.63) is 65.7 Å². The number of amides is 1. The number of morpholine rings is 1. The van der Waals surface area contributed by atoms with Gasteiger partial charge < -0.3 is 10.1 Å². The number of carbonyl (C=O) groups is 1. The van der Waals surface area contributed by atoms with Gasteiger partial charge >= 0.3 is 0 Å². The highest BCUT2D eigenvalue weighted by atomic mass is 32.2. The molecule has 0 unspecified atom stereocenters. The highest BCUT2D eigenvalue weighted by Gasteiger charge is 2.31. The van der Waals surface area contributed by atoms with Crippen LogP contribution in [0.1, 0.15) is 24.5 Å². The molecule has 0 aromatic heterocycles. The zero-order chi connectivity index (χ0) is 22.3. The maximum Gasteiger partial charge on any atom is 0.244 e. The van der Waals surface area contributed by atoms with E-state index in [1.807, 2.05) is 25.1 Å². The Bertz CT molecular complexity index is 960. The van der Waals surface area contributed by atoms with Gasteiger partial charge in [-0.15, -0.1) is 0 Å². The summed E-state index contributed by atoms with van der Waals surface area (Å²) in [5.74, 6) is -0.310. The molecule has 3 rings (SSSR count). The van der Waals surface area contributed by atoms with Gasteiger partial charge in [-0.2, -0.15) is 0 Å². The fraction of sp³-hybridized carbons (Fsp3) is 0.435. The van der Waals surface area contributed by atoms with Crippen molar-refractivity contribution in [1.29, 1.82) is 0 Å².